The summed E-state index contributed by atoms with van der Waals surface area (Å²) in [6.45, 7) is 2.43. The molecule has 0 radical (unpaired) electrons. The van der Waals surface area contributed by atoms with Crippen molar-refractivity contribution >= 4 is 21.6 Å². The molecule has 0 spiro atoms. The SMILES string of the molecule is COc1ccc(NS(=O)(=O)c2ccc(C)cc2)c(C(=O)N(Cc2ccccc2)Cc2nccn2C)c1. The molecular weight excluding hydrogens is 476 g/mol. The van der Waals surface area contributed by atoms with Gasteiger partial charge in [-0.3, -0.25) is 9.52 Å². The maximum absolute atomic E-state index is 13.9. The van der Waals surface area contributed by atoms with Crippen molar-refractivity contribution in [1.29, 1.82) is 0 Å². The van der Waals surface area contributed by atoms with Crippen LogP contribution >= 0.6 is 0 Å². The van der Waals surface area contributed by atoms with E-state index >= 15 is 0 Å². The van der Waals surface area contributed by atoms with Crippen molar-refractivity contribution in [3.05, 3.63) is 108 Å². The third-order valence-corrected chi connectivity index (χ3v) is 7.17. The molecular formula is C27H28N4O4S. The Morgan fingerprint density at radius 2 is 1.75 bits per heavy atom. The molecule has 0 aliphatic rings. The maximum Gasteiger partial charge on any atom is 0.261 e. The predicted molar refractivity (Wildman–Crippen MR) is 138 cm³/mol. The van der Waals surface area contributed by atoms with Crippen LogP contribution in [0.5, 0.6) is 5.75 Å². The lowest BCUT2D eigenvalue weighted by Crippen LogP contribution is -2.32. The van der Waals surface area contributed by atoms with Crippen LogP contribution in [0.25, 0.3) is 0 Å². The standard InChI is InChI=1S/C27H28N4O4S/c1-20-9-12-23(13-10-20)36(33,34)29-25-14-11-22(35-3)17-24(25)27(32)31(18-21-7-5-4-6-8-21)19-26-28-15-16-30(26)2/h4-17,29H,18-19H2,1-3H3. The summed E-state index contributed by atoms with van der Waals surface area (Å²) < 4.78 is 36.0. The monoisotopic (exact) mass is 504 g/mol. The quantitative estimate of drug-likeness (QED) is 0.365. The number of aryl methyl sites for hydroxylation is 2. The minimum atomic E-state index is -3.92. The lowest BCUT2D eigenvalue weighted by molar-refractivity contribution is 0.0725. The number of nitrogens with one attached hydrogen (secondary N) is 1. The van der Waals surface area contributed by atoms with Crippen molar-refractivity contribution in [2.75, 3.05) is 11.8 Å². The van der Waals surface area contributed by atoms with E-state index in [1.165, 1.54) is 19.2 Å². The van der Waals surface area contributed by atoms with E-state index in [-0.39, 0.29) is 28.6 Å². The van der Waals surface area contributed by atoms with E-state index in [0.29, 0.717) is 18.1 Å². The largest absolute Gasteiger partial charge is 0.497 e. The Morgan fingerprint density at radius 3 is 2.39 bits per heavy atom. The first kappa shape index (κ1) is 25.0. The molecule has 4 aromatic rings. The molecule has 36 heavy (non-hydrogen) atoms. The molecule has 0 atom stereocenters. The number of amides is 1. The molecule has 1 heterocycles. The fourth-order valence-electron chi connectivity index (χ4n) is 3.73. The van der Waals surface area contributed by atoms with Crippen molar-refractivity contribution in [2.45, 2.75) is 24.9 Å². The molecule has 1 N–H and O–H groups in total. The molecule has 1 amide bonds. The number of rotatable bonds is 9. The Kier molecular flexibility index (Phi) is 7.40. The topological polar surface area (TPSA) is 93.5 Å². The Bertz CT molecular complexity index is 1450. The summed E-state index contributed by atoms with van der Waals surface area (Å²) in [6.07, 6.45) is 3.49. The lowest BCUT2D eigenvalue weighted by Gasteiger charge is -2.24. The van der Waals surface area contributed by atoms with Gasteiger partial charge in [0.05, 0.1) is 29.8 Å². The van der Waals surface area contributed by atoms with Crippen LogP contribution in [-0.4, -0.2) is 35.9 Å². The average Bonchev–Trinajstić information content (AvgIpc) is 3.28. The van der Waals surface area contributed by atoms with Crippen LogP contribution < -0.4 is 9.46 Å². The molecule has 1 aromatic heterocycles. The predicted octanol–water partition coefficient (Wildman–Crippen LogP) is 4.38. The number of carbonyl (C=O) groups excluding carboxylic acids is 1. The van der Waals surface area contributed by atoms with Crippen LogP contribution in [0.4, 0.5) is 5.69 Å². The minimum Gasteiger partial charge on any atom is -0.497 e. The summed E-state index contributed by atoms with van der Waals surface area (Å²) in [7, 11) is -0.568. The molecule has 0 fully saturated rings. The van der Waals surface area contributed by atoms with Gasteiger partial charge in [-0.05, 0) is 42.8 Å². The molecule has 0 unspecified atom stereocenters. The van der Waals surface area contributed by atoms with E-state index in [1.807, 2.05) is 55.1 Å². The van der Waals surface area contributed by atoms with Gasteiger partial charge in [-0.15, -0.1) is 0 Å². The number of aromatic nitrogens is 2. The second-order valence-corrected chi connectivity index (χ2v) is 10.1. The van der Waals surface area contributed by atoms with Gasteiger partial charge in [0, 0.05) is 26.0 Å². The Morgan fingerprint density at radius 1 is 1.03 bits per heavy atom. The summed E-state index contributed by atoms with van der Waals surface area (Å²) in [5.41, 5.74) is 2.22. The third-order valence-electron chi connectivity index (χ3n) is 5.79. The average molecular weight is 505 g/mol. The van der Waals surface area contributed by atoms with E-state index in [4.69, 9.17) is 4.74 Å². The number of sulfonamides is 1. The van der Waals surface area contributed by atoms with Crippen LogP contribution in [0, 0.1) is 6.92 Å². The molecule has 4 rings (SSSR count). The molecule has 0 bridgehead atoms. The van der Waals surface area contributed by atoms with Gasteiger partial charge in [0.1, 0.15) is 11.6 Å². The van der Waals surface area contributed by atoms with Gasteiger partial charge in [0.25, 0.3) is 15.9 Å². The number of imidazole rings is 1. The third kappa shape index (κ3) is 5.75. The summed E-state index contributed by atoms with van der Waals surface area (Å²) in [4.78, 5) is 20.1. The van der Waals surface area contributed by atoms with Gasteiger partial charge < -0.3 is 14.2 Å². The Labute approximate surface area is 211 Å². The number of hydrogen-bond donors (Lipinski definition) is 1. The molecule has 3 aromatic carbocycles. The lowest BCUT2D eigenvalue weighted by atomic mass is 10.1. The van der Waals surface area contributed by atoms with Crippen molar-refractivity contribution in [2.24, 2.45) is 7.05 Å². The number of carbonyl (C=O) groups is 1. The summed E-state index contributed by atoms with van der Waals surface area (Å²) in [5, 5.41) is 0. The zero-order chi connectivity index (χ0) is 25.7. The van der Waals surface area contributed by atoms with E-state index in [9.17, 15) is 13.2 Å². The van der Waals surface area contributed by atoms with Gasteiger partial charge in [0.2, 0.25) is 0 Å². The van der Waals surface area contributed by atoms with Crippen LogP contribution in [-0.2, 0) is 30.2 Å². The van der Waals surface area contributed by atoms with E-state index < -0.39 is 10.0 Å². The van der Waals surface area contributed by atoms with Crippen LogP contribution in [0.2, 0.25) is 0 Å². The second kappa shape index (κ2) is 10.7. The van der Waals surface area contributed by atoms with Crippen molar-refractivity contribution in [3.8, 4) is 5.75 Å². The number of benzene rings is 3. The molecule has 0 saturated heterocycles. The molecule has 0 saturated carbocycles. The number of methoxy groups -OCH3 is 1. The highest BCUT2D eigenvalue weighted by molar-refractivity contribution is 7.92. The zero-order valence-electron chi connectivity index (χ0n) is 20.4. The van der Waals surface area contributed by atoms with Crippen molar-refractivity contribution < 1.29 is 17.9 Å². The first-order valence-corrected chi connectivity index (χ1v) is 12.8. The summed E-state index contributed by atoms with van der Waals surface area (Å²) in [6, 6.07) is 20.8. The van der Waals surface area contributed by atoms with Crippen LogP contribution in [0.1, 0.15) is 27.3 Å². The molecule has 9 heteroatoms. The molecule has 186 valence electrons. The fraction of sp³-hybridized carbons (Fsp3) is 0.185. The second-order valence-electron chi connectivity index (χ2n) is 8.43. The van der Waals surface area contributed by atoms with Gasteiger partial charge in [-0.1, -0.05) is 48.0 Å². The van der Waals surface area contributed by atoms with Crippen LogP contribution in [0.15, 0.2) is 90.1 Å². The Balaban J connectivity index is 1.72. The van der Waals surface area contributed by atoms with Crippen LogP contribution in [0.3, 0.4) is 0 Å². The van der Waals surface area contributed by atoms with E-state index in [2.05, 4.69) is 9.71 Å². The maximum atomic E-state index is 13.9. The number of ether oxygens (including phenoxy) is 1. The highest BCUT2D eigenvalue weighted by Crippen LogP contribution is 2.27. The Hall–Kier alpha value is -4.11. The van der Waals surface area contributed by atoms with Gasteiger partial charge in [0.15, 0.2) is 0 Å². The van der Waals surface area contributed by atoms with E-state index in [0.717, 1.165) is 11.1 Å². The number of hydrogen-bond acceptors (Lipinski definition) is 5. The van der Waals surface area contributed by atoms with Crippen molar-refractivity contribution in [3.63, 3.8) is 0 Å². The van der Waals surface area contributed by atoms with Gasteiger partial charge in [-0.2, -0.15) is 0 Å². The summed E-state index contributed by atoms with van der Waals surface area (Å²) in [5.74, 6) is 0.777. The number of nitrogens with zero attached hydrogens (tertiary/aromatic N) is 3. The first-order chi connectivity index (χ1) is 17.3. The molecule has 8 nitrogen and oxygen atoms in total. The zero-order valence-corrected chi connectivity index (χ0v) is 21.2. The molecule has 0 aliphatic heterocycles. The fourth-order valence-corrected chi connectivity index (χ4v) is 4.81. The normalized spacial score (nSPS) is 11.2. The highest BCUT2D eigenvalue weighted by Gasteiger charge is 2.24. The van der Waals surface area contributed by atoms with Gasteiger partial charge >= 0.3 is 0 Å². The smallest absolute Gasteiger partial charge is 0.261 e. The van der Waals surface area contributed by atoms with Gasteiger partial charge in [-0.25, -0.2) is 13.4 Å². The van der Waals surface area contributed by atoms with E-state index in [1.54, 1.807) is 41.4 Å². The highest BCUT2D eigenvalue weighted by atomic mass is 32.2. The number of anilines is 1. The van der Waals surface area contributed by atoms with Crippen molar-refractivity contribution in [1.82, 2.24) is 14.5 Å². The minimum absolute atomic E-state index is 0.108. The summed E-state index contributed by atoms with van der Waals surface area (Å²) >= 11 is 0. The molecule has 0 aliphatic carbocycles. The first-order valence-electron chi connectivity index (χ1n) is 11.3.